The van der Waals surface area contributed by atoms with Gasteiger partial charge in [0.2, 0.25) is 0 Å². The first-order chi connectivity index (χ1) is 18.3. The average Bonchev–Trinajstić information content (AvgIpc) is 2.88. The molecule has 0 bridgehead atoms. The lowest BCUT2D eigenvalue weighted by Gasteiger charge is -2.26. The molecular weight excluding hydrogens is 487 g/mol. The second-order valence-electron chi connectivity index (χ2n) is 8.61. The van der Waals surface area contributed by atoms with Crippen molar-refractivity contribution in [3.63, 3.8) is 0 Å². The lowest BCUT2D eigenvalue weighted by atomic mass is 10.0. The fraction of sp³-hybridized carbons (Fsp3) is 0.167. The monoisotopic (exact) mass is 514 g/mol. The Bertz CT molecular complexity index is 1430. The summed E-state index contributed by atoms with van der Waals surface area (Å²) in [5.41, 5.74) is 2.63. The molecule has 4 amide bonds. The number of rotatable bonds is 9. The van der Waals surface area contributed by atoms with Gasteiger partial charge in [0.1, 0.15) is 18.0 Å². The van der Waals surface area contributed by atoms with Gasteiger partial charge in [-0.2, -0.15) is 0 Å². The molecule has 0 unspecified atom stereocenters. The molecule has 194 valence electrons. The number of nitrogens with one attached hydrogen (secondary N) is 1. The van der Waals surface area contributed by atoms with Crippen LogP contribution < -0.4 is 19.7 Å². The predicted molar refractivity (Wildman–Crippen MR) is 142 cm³/mol. The van der Waals surface area contributed by atoms with Crippen molar-refractivity contribution in [1.82, 2.24) is 5.32 Å². The van der Waals surface area contributed by atoms with Crippen molar-refractivity contribution in [2.24, 2.45) is 0 Å². The first-order valence-electron chi connectivity index (χ1n) is 12.1. The van der Waals surface area contributed by atoms with E-state index in [2.05, 4.69) is 11.9 Å². The molecule has 0 aromatic heterocycles. The average molecular weight is 515 g/mol. The Morgan fingerprint density at radius 2 is 1.74 bits per heavy atom. The molecule has 7 nitrogen and oxygen atoms in total. The summed E-state index contributed by atoms with van der Waals surface area (Å²) in [7, 11) is 0. The number of nitrogens with zero attached hydrogens (tertiary/aromatic N) is 1. The van der Waals surface area contributed by atoms with Crippen molar-refractivity contribution >= 4 is 29.6 Å². The number of allylic oxidation sites excluding steroid dienone is 1. The molecule has 0 spiro atoms. The van der Waals surface area contributed by atoms with E-state index in [1.54, 1.807) is 60.7 Å². The molecule has 1 aliphatic rings. The number of barbiturate groups is 1. The van der Waals surface area contributed by atoms with Crippen LogP contribution in [0.25, 0.3) is 6.08 Å². The van der Waals surface area contributed by atoms with Crippen LogP contribution in [0.4, 0.5) is 14.9 Å². The van der Waals surface area contributed by atoms with Crippen molar-refractivity contribution in [1.29, 1.82) is 0 Å². The minimum absolute atomic E-state index is 0.0220. The number of amides is 4. The highest BCUT2D eigenvalue weighted by Crippen LogP contribution is 2.36. The lowest BCUT2D eigenvalue weighted by molar-refractivity contribution is -0.122. The molecule has 0 radical (unpaired) electrons. The maximum absolute atomic E-state index is 14.2. The summed E-state index contributed by atoms with van der Waals surface area (Å²) in [6.07, 6.45) is 3.47. The van der Waals surface area contributed by atoms with Crippen LogP contribution in [0.5, 0.6) is 11.5 Å². The molecular formula is C30H27FN2O5. The van der Waals surface area contributed by atoms with Gasteiger partial charge in [-0.15, -0.1) is 6.58 Å². The van der Waals surface area contributed by atoms with Crippen LogP contribution in [-0.2, 0) is 22.6 Å². The van der Waals surface area contributed by atoms with Gasteiger partial charge in [-0.1, -0.05) is 42.0 Å². The number of ether oxygens (including phenoxy) is 2. The summed E-state index contributed by atoms with van der Waals surface area (Å²) in [5, 5.41) is 2.23. The van der Waals surface area contributed by atoms with Gasteiger partial charge < -0.3 is 9.47 Å². The number of hydrogen-bond donors (Lipinski definition) is 1. The molecule has 1 N–H and O–H groups in total. The first-order valence-corrected chi connectivity index (χ1v) is 12.1. The van der Waals surface area contributed by atoms with Gasteiger partial charge in [-0.25, -0.2) is 14.1 Å². The zero-order chi connectivity index (χ0) is 27.2. The molecule has 4 rings (SSSR count). The summed E-state index contributed by atoms with van der Waals surface area (Å²) in [6.45, 7) is 7.79. The molecule has 0 atom stereocenters. The van der Waals surface area contributed by atoms with Crippen LogP contribution in [0.15, 0.2) is 78.9 Å². The molecule has 3 aromatic carbocycles. The number of halogens is 1. The van der Waals surface area contributed by atoms with Crippen LogP contribution in [0.3, 0.4) is 0 Å². The second kappa shape index (κ2) is 11.6. The standard InChI is InChI=1S/C30H27FN2O5/c1-4-8-21-15-20(17-26(37-5-2)27(21)38-18-22-9-6-7-10-25(22)31)16-24-28(34)32-30(36)33(29(24)35)23-13-11-19(3)12-14-23/h4,6-7,9-17H,1,5,8,18H2,2-3H3,(H,32,34,36)/b24-16+. The van der Waals surface area contributed by atoms with E-state index in [4.69, 9.17) is 9.47 Å². The fourth-order valence-electron chi connectivity index (χ4n) is 4.02. The van der Waals surface area contributed by atoms with Crippen molar-refractivity contribution in [2.75, 3.05) is 11.5 Å². The van der Waals surface area contributed by atoms with Crippen molar-refractivity contribution in [3.8, 4) is 11.5 Å². The highest BCUT2D eigenvalue weighted by atomic mass is 19.1. The minimum Gasteiger partial charge on any atom is -0.490 e. The van der Waals surface area contributed by atoms with Crippen LogP contribution >= 0.6 is 0 Å². The Hall–Kier alpha value is -4.72. The fourth-order valence-corrected chi connectivity index (χ4v) is 4.02. The molecule has 0 saturated carbocycles. The third-order valence-electron chi connectivity index (χ3n) is 5.85. The van der Waals surface area contributed by atoms with Crippen LogP contribution in [0.1, 0.15) is 29.2 Å². The number of hydrogen-bond acceptors (Lipinski definition) is 5. The molecule has 1 aliphatic heterocycles. The Morgan fingerprint density at radius 3 is 2.42 bits per heavy atom. The maximum Gasteiger partial charge on any atom is 0.335 e. The number of carbonyl (C=O) groups excluding carboxylic acids is 3. The van der Waals surface area contributed by atoms with Gasteiger partial charge in [-0.3, -0.25) is 14.9 Å². The second-order valence-corrected chi connectivity index (χ2v) is 8.61. The summed E-state index contributed by atoms with van der Waals surface area (Å²) < 4.78 is 26.0. The largest absolute Gasteiger partial charge is 0.490 e. The maximum atomic E-state index is 14.2. The molecule has 38 heavy (non-hydrogen) atoms. The number of carbonyl (C=O) groups is 3. The molecule has 1 saturated heterocycles. The summed E-state index contributed by atoms with van der Waals surface area (Å²) in [4.78, 5) is 39.4. The highest BCUT2D eigenvalue weighted by Gasteiger charge is 2.36. The van der Waals surface area contributed by atoms with Gasteiger partial charge in [-0.05, 0) is 62.2 Å². The molecule has 0 aliphatic carbocycles. The number of anilines is 1. The van der Waals surface area contributed by atoms with E-state index in [1.807, 2.05) is 13.8 Å². The molecule has 8 heteroatoms. The number of urea groups is 1. The van der Waals surface area contributed by atoms with E-state index in [1.165, 1.54) is 12.1 Å². The van der Waals surface area contributed by atoms with Gasteiger partial charge in [0.15, 0.2) is 11.5 Å². The van der Waals surface area contributed by atoms with E-state index >= 15 is 0 Å². The van der Waals surface area contributed by atoms with Gasteiger partial charge in [0.25, 0.3) is 11.8 Å². The molecule has 3 aromatic rings. The van der Waals surface area contributed by atoms with Crippen molar-refractivity contribution in [3.05, 3.63) is 107 Å². The molecule has 1 fully saturated rings. The van der Waals surface area contributed by atoms with Crippen LogP contribution in [0, 0.1) is 12.7 Å². The Morgan fingerprint density at radius 1 is 1.00 bits per heavy atom. The lowest BCUT2D eigenvalue weighted by Crippen LogP contribution is -2.54. The van der Waals surface area contributed by atoms with Crippen molar-refractivity contribution < 1.29 is 28.2 Å². The quantitative estimate of drug-likeness (QED) is 0.231. The zero-order valence-corrected chi connectivity index (χ0v) is 21.1. The van der Waals surface area contributed by atoms with E-state index in [0.717, 1.165) is 10.5 Å². The van der Waals surface area contributed by atoms with E-state index in [9.17, 15) is 18.8 Å². The predicted octanol–water partition coefficient (Wildman–Crippen LogP) is 5.51. The summed E-state index contributed by atoms with van der Waals surface area (Å²) in [6, 6.07) is 15.7. The van der Waals surface area contributed by atoms with E-state index < -0.39 is 17.8 Å². The Labute approximate surface area is 220 Å². The summed E-state index contributed by atoms with van der Waals surface area (Å²) >= 11 is 0. The number of benzene rings is 3. The SMILES string of the molecule is C=CCc1cc(/C=C2\C(=O)NC(=O)N(c3ccc(C)cc3)C2=O)cc(OCC)c1OCc1ccccc1F. The summed E-state index contributed by atoms with van der Waals surface area (Å²) in [5.74, 6) is -1.15. The first kappa shape index (κ1) is 26.3. The topological polar surface area (TPSA) is 84.9 Å². The van der Waals surface area contributed by atoms with Gasteiger partial charge >= 0.3 is 6.03 Å². The smallest absolute Gasteiger partial charge is 0.335 e. The third kappa shape index (κ3) is 5.64. The van der Waals surface area contributed by atoms with E-state index in [0.29, 0.717) is 46.9 Å². The zero-order valence-electron chi connectivity index (χ0n) is 21.1. The Balaban J connectivity index is 1.72. The van der Waals surface area contributed by atoms with Crippen LogP contribution in [0.2, 0.25) is 0 Å². The van der Waals surface area contributed by atoms with Crippen LogP contribution in [-0.4, -0.2) is 24.5 Å². The normalized spacial score (nSPS) is 14.4. The minimum atomic E-state index is -0.819. The number of imide groups is 2. The van der Waals surface area contributed by atoms with Crippen molar-refractivity contribution in [2.45, 2.75) is 26.9 Å². The third-order valence-corrected chi connectivity index (χ3v) is 5.85. The number of aryl methyl sites for hydroxylation is 1. The van der Waals surface area contributed by atoms with Gasteiger partial charge in [0.05, 0.1) is 12.3 Å². The Kier molecular flexibility index (Phi) is 8.01. The highest BCUT2D eigenvalue weighted by molar-refractivity contribution is 6.39. The molecule has 1 heterocycles. The van der Waals surface area contributed by atoms with E-state index in [-0.39, 0.29) is 18.0 Å². The van der Waals surface area contributed by atoms with Gasteiger partial charge in [0, 0.05) is 11.1 Å².